The van der Waals surface area contributed by atoms with Gasteiger partial charge in [0.05, 0.1) is 20.1 Å². The normalized spacial score (nSPS) is 14.8. The van der Waals surface area contributed by atoms with Crippen molar-refractivity contribution in [3.05, 3.63) is 0 Å². The molecular formula is C9H14F9NO3S. The van der Waals surface area contributed by atoms with Crippen LogP contribution in [-0.2, 0) is 10.1 Å². The van der Waals surface area contributed by atoms with E-state index in [4.69, 9.17) is 0 Å². The van der Waals surface area contributed by atoms with Gasteiger partial charge in [-0.05, 0) is 13.8 Å². The molecule has 0 aromatic carbocycles. The van der Waals surface area contributed by atoms with Crippen LogP contribution in [0.4, 0.5) is 39.5 Å². The average Bonchev–Trinajstić information content (AvgIpc) is 2.25. The van der Waals surface area contributed by atoms with Gasteiger partial charge in [-0.25, -0.2) is 8.42 Å². The van der Waals surface area contributed by atoms with Crippen LogP contribution in [-0.4, -0.2) is 56.4 Å². The molecule has 0 radical (unpaired) electrons. The summed E-state index contributed by atoms with van der Waals surface area (Å²) >= 11 is 0. The summed E-state index contributed by atoms with van der Waals surface area (Å²) < 4.78 is 135. The SMILES string of the molecule is CC(C)[NH+](C)C.O=S(=O)([O-])C(F)(F)C(F)(F)C(F)(F)C(F)(F)F. The topological polar surface area (TPSA) is 61.6 Å². The highest BCUT2D eigenvalue weighted by Gasteiger charge is 2.83. The van der Waals surface area contributed by atoms with Gasteiger partial charge in [0, 0.05) is 0 Å². The second-order valence-corrected chi connectivity index (χ2v) is 6.27. The molecule has 0 heterocycles. The lowest BCUT2D eigenvalue weighted by Crippen LogP contribution is -3.09. The summed E-state index contributed by atoms with van der Waals surface area (Å²) in [6, 6.07) is 0.769. The number of hydrogen-bond donors (Lipinski definition) is 1. The Morgan fingerprint density at radius 3 is 1.22 bits per heavy atom. The summed E-state index contributed by atoms with van der Waals surface area (Å²) in [7, 11) is -3.10. The van der Waals surface area contributed by atoms with Crippen LogP contribution in [0.2, 0.25) is 0 Å². The molecule has 0 aliphatic heterocycles. The molecule has 0 aromatic rings. The van der Waals surface area contributed by atoms with Crippen molar-refractivity contribution in [2.45, 2.75) is 43.2 Å². The molecule has 0 amide bonds. The summed E-state index contributed by atoms with van der Waals surface area (Å²) in [4.78, 5) is 1.51. The van der Waals surface area contributed by atoms with Crippen molar-refractivity contribution in [2.24, 2.45) is 0 Å². The van der Waals surface area contributed by atoms with Crippen LogP contribution in [0.25, 0.3) is 0 Å². The lowest BCUT2D eigenvalue weighted by molar-refractivity contribution is -0.881. The Bertz CT molecular complexity index is 479. The summed E-state index contributed by atoms with van der Waals surface area (Å²) in [5.41, 5.74) is 0. The summed E-state index contributed by atoms with van der Waals surface area (Å²) in [5.74, 6) is -14.8. The van der Waals surface area contributed by atoms with E-state index in [0.29, 0.717) is 0 Å². The molecule has 0 spiro atoms. The zero-order valence-corrected chi connectivity index (χ0v) is 12.9. The van der Waals surface area contributed by atoms with Crippen LogP contribution in [0, 0.1) is 0 Å². The molecule has 0 rings (SSSR count). The monoisotopic (exact) mass is 387 g/mol. The highest BCUT2D eigenvalue weighted by Crippen LogP contribution is 2.54. The van der Waals surface area contributed by atoms with Gasteiger partial charge in [-0.1, -0.05) is 0 Å². The minimum atomic E-state index is -7.43. The minimum Gasteiger partial charge on any atom is -0.743 e. The number of hydrogen-bond acceptors (Lipinski definition) is 3. The molecule has 0 atom stereocenters. The summed E-state index contributed by atoms with van der Waals surface area (Å²) in [6.07, 6.45) is -7.16. The predicted octanol–water partition coefficient (Wildman–Crippen LogP) is 1.50. The van der Waals surface area contributed by atoms with Gasteiger partial charge in [0.25, 0.3) is 0 Å². The number of rotatable bonds is 4. The maximum Gasteiger partial charge on any atom is 0.460 e. The van der Waals surface area contributed by atoms with E-state index in [9.17, 15) is 52.5 Å². The minimum absolute atomic E-state index is 0.769. The molecule has 0 bridgehead atoms. The summed E-state index contributed by atoms with van der Waals surface area (Å²) in [5, 5.41) is -7.11. The smallest absolute Gasteiger partial charge is 0.460 e. The van der Waals surface area contributed by atoms with Crippen LogP contribution in [0.3, 0.4) is 0 Å². The fraction of sp³-hybridized carbons (Fsp3) is 1.00. The lowest BCUT2D eigenvalue weighted by atomic mass is 10.1. The molecule has 0 saturated heterocycles. The first-order chi connectivity index (χ1) is 9.64. The van der Waals surface area contributed by atoms with E-state index in [1.54, 1.807) is 0 Å². The molecule has 142 valence electrons. The Kier molecular flexibility index (Phi) is 7.46. The molecule has 0 aromatic heterocycles. The predicted molar refractivity (Wildman–Crippen MR) is 58.5 cm³/mol. The van der Waals surface area contributed by atoms with Crippen LogP contribution in [0.1, 0.15) is 13.8 Å². The Balaban J connectivity index is 0. The largest absolute Gasteiger partial charge is 0.743 e. The summed E-state index contributed by atoms with van der Waals surface area (Å²) in [6.45, 7) is 4.41. The van der Waals surface area contributed by atoms with E-state index in [-0.39, 0.29) is 0 Å². The molecule has 0 aliphatic carbocycles. The van der Waals surface area contributed by atoms with E-state index < -0.39 is 33.4 Å². The van der Waals surface area contributed by atoms with Gasteiger partial charge in [0.2, 0.25) is 0 Å². The Labute approximate surface area is 126 Å². The number of quaternary nitrogens is 1. The van der Waals surface area contributed by atoms with E-state index in [1.165, 1.54) is 4.90 Å². The Morgan fingerprint density at radius 2 is 1.09 bits per heavy atom. The fourth-order valence-electron chi connectivity index (χ4n) is 0.518. The molecular weight excluding hydrogens is 373 g/mol. The Morgan fingerprint density at radius 1 is 0.826 bits per heavy atom. The zero-order valence-electron chi connectivity index (χ0n) is 12.1. The third kappa shape index (κ3) is 5.11. The van der Waals surface area contributed by atoms with Gasteiger partial charge in [0.1, 0.15) is 0 Å². The lowest BCUT2D eigenvalue weighted by Gasteiger charge is -2.34. The van der Waals surface area contributed by atoms with Gasteiger partial charge in [-0.15, -0.1) is 0 Å². The molecule has 14 heteroatoms. The zero-order chi connectivity index (χ0) is 19.7. The first kappa shape index (κ1) is 24.5. The molecule has 0 saturated carbocycles. The average molecular weight is 387 g/mol. The van der Waals surface area contributed by atoms with Crippen LogP contribution in [0.15, 0.2) is 0 Å². The first-order valence-corrected chi connectivity index (χ1v) is 7.01. The van der Waals surface area contributed by atoms with Crippen molar-refractivity contribution >= 4 is 10.1 Å². The van der Waals surface area contributed by atoms with Gasteiger partial charge < -0.3 is 9.45 Å². The molecule has 23 heavy (non-hydrogen) atoms. The van der Waals surface area contributed by atoms with E-state index >= 15 is 0 Å². The van der Waals surface area contributed by atoms with Gasteiger partial charge in [-0.2, -0.15) is 39.5 Å². The fourth-order valence-corrected chi connectivity index (χ4v) is 0.960. The number of halogens is 9. The standard InChI is InChI=1S/C5H13N.C4HF9O3S/c1-5(2)6(3)4;5-1(6,3(9,10)11)2(7,8)4(12,13)17(14,15)16/h5H,1-4H3;(H,14,15,16). The van der Waals surface area contributed by atoms with Gasteiger partial charge in [-0.3, -0.25) is 0 Å². The van der Waals surface area contributed by atoms with Gasteiger partial charge in [0.15, 0.2) is 10.1 Å². The van der Waals surface area contributed by atoms with Crippen LogP contribution in [0.5, 0.6) is 0 Å². The third-order valence-electron chi connectivity index (χ3n) is 2.58. The van der Waals surface area contributed by atoms with Crippen LogP contribution >= 0.6 is 0 Å². The molecule has 0 aliphatic rings. The van der Waals surface area contributed by atoms with Crippen molar-refractivity contribution in [3.63, 3.8) is 0 Å². The molecule has 0 unspecified atom stereocenters. The van der Waals surface area contributed by atoms with Crippen molar-refractivity contribution < 1.29 is 57.4 Å². The number of alkyl halides is 9. The number of nitrogens with one attached hydrogen (secondary N) is 1. The second kappa shape index (κ2) is 7.01. The van der Waals surface area contributed by atoms with Crippen molar-refractivity contribution in [2.75, 3.05) is 14.1 Å². The van der Waals surface area contributed by atoms with Crippen molar-refractivity contribution in [1.82, 2.24) is 0 Å². The maximum absolute atomic E-state index is 12.2. The van der Waals surface area contributed by atoms with Crippen molar-refractivity contribution in [3.8, 4) is 0 Å². The van der Waals surface area contributed by atoms with E-state index in [0.717, 1.165) is 6.04 Å². The Hall–Kier alpha value is -0.760. The molecule has 0 fully saturated rings. The van der Waals surface area contributed by atoms with Crippen LogP contribution < -0.4 is 4.90 Å². The maximum atomic E-state index is 12.2. The van der Waals surface area contributed by atoms with E-state index in [1.807, 2.05) is 0 Å². The third-order valence-corrected chi connectivity index (χ3v) is 3.47. The second-order valence-electron chi connectivity index (χ2n) is 4.85. The molecule has 1 N–H and O–H groups in total. The van der Waals surface area contributed by atoms with Crippen molar-refractivity contribution in [1.29, 1.82) is 0 Å². The van der Waals surface area contributed by atoms with E-state index in [2.05, 4.69) is 27.9 Å². The highest BCUT2D eigenvalue weighted by atomic mass is 32.2. The highest BCUT2D eigenvalue weighted by molar-refractivity contribution is 7.86. The quantitative estimate of drug-likeness (QED) is 0.588. The molecule has 4 nitrogen and oxygen atoms in total. The first-order valence-electron chi connectivity index (χ1n) is 5.60. The van der Waals surface area contributed by atoms with Gasteiger partial charge >= 0.3 is 23.3 Å².